The third-order valence-corrected chi connectivity index (χ3v) is 5.04. The molecule has 4 nitrogen and oxygen atoms in total. The lowest BCUT2D eigenvalue weighted by Crippen LogP contribution is -2.41. The molecule has 1 saturated heterocycles. The number of nitrogens with one attached hydrogen (secondary N) is 2. The molecule has 1 aliphatic carbocycles. The molecule has 1 aromatic rings. The van der Waals surface area contributed by atoms with E-state index in [-0.39, 0.29) is 24.0 Å². The quantitative estimate of drug-likeness (QED) is 0.375. The largest absolute Gasteiger partial charge is 0.371 e. The van der Waals surface area contributed by atoms with Crippen molar-refractivity contribution in [2.45, 2.75) is 19.3 Å². The first-order valence-corrected chi connectivity index (χ1v) is 8.99. The Balaban J connectivity index is 0.00000192. The van der Waals surface area contributed by atoms with Crippen molar-refractivity contribution in [2.24, 2.45) is 16.8 Å². The van der Waals surface area contributed by atoms with Crippen molar-refractivity contribution in [1.82, 2.24) is 10.6 Å². The zero-order chi connectivity index (χ0) is 15.4. The Kier molecular flexibility index (Phi) is 7.46. The van der Waals surface area contributed by atoms with Crippen molar-refractivity contribution in [2.75, 3.05) is 38.1 Å². The Morgan fingerprint density at radius 1 is 1.13 bits per heavy atom. The first-order chi connectivity index (χ1) is 10.7. The zero-order valence-corrected chi connectivity index (χ0v) is 17.5. The minimum absolute atomic E-state index is 0. The molecule has 2 fully saturated rings. The van der Waals surface area contributed by atoms with Gasteiger partial charge in [-0.25, -0.2) is 0 Å². The van der Waals surface area contributed by atoms with Gasteiger partial charge in [0.25, 0.3) is 0 Å². The second kappa shape index (κ2) is 9.11. The highest BCUT2D eigenvalue weighted by atomic mass is 127. The fourth-order valence-corrected chi connectivity index (χ4v) is 3.17. The SMILES string of the molecule is CN=C(NCC1CC1)NCC1CCN(c2ccc(Br)cc2)C1.I. The molecule has 1 aromatic carbocycles. The number of halogens is 2. The molecule has 0 aromatic heterocycles. The van der Waals surface area contributed by atoms with Gasteiger partial charge in [-0.3, -0.25) is 4.99 Å². The Labute approximate surface area is 164 Å². The summed E-state index contributed by atoms with van der Waals surface area (Å²) in [6.45, 7) is 4.32. The van der Waals surface area contributed by atoms with E-state index >= 15 is 0 Å². The molecule has 1 unspecified atom stereocenters. The summed E-state index contributed by atoms with van der Waals surface area (Å²) in [4.78, 5) is 6.78. The highest BCUT2D eigenvalue weighted by molar-refractivity contribution is 14.0. The van der Waals surface area contributed by atoms with Crippen molar-refractivity contribution in [3.63, 3.8) is 0 Å². The molecular formula is C17H26BrIN4. The summed E-state index contributed by atoms with van der Waals surface area (Å²) in [6.07, 6.45) is 3.98. The smallest absolute Gasteiger partial charge is 0.190 e. The van der Waals surface area contributed by atoms with Gasteiger partial charge in [-0.15, -0.1) is 24.0 Å². The molecular weight excluding hydrogens is 467 g/mol. The molecule has 0 amide bonds. The fourth-order valence-electron chi connectivity index (χ4n) is 2.91. The lowest BCUT2D eigenvalue weighted by molar-refractivity contribution is 0.564. The molecule has 3 rings (SSSR count). The highest BCUT2D eigenvalue weighted by Gasteiger charge is 2.24. The maximum Gasteiger partial charge on any atom is 0.190 e. The molecule has 23 heavy (non-hydrogen) atoms. The van der Waals surface area contributed by atoms with Gasteiger partial charge in [-0.2, -0.15) is 0 Å². The molecule has 1 heterocycles. The van der Waals surface area contributed by atoms with Crippen molar-refractivity contribution in [3.8, 4) is 0 Å². The van der Waals surface area contributed by atoms with Crippen LogP contribution in [0.2, 0.25) is 0 Å². The van der Waals surface area contributed by atoms with Crippen molar-refractivity contribution >= 4 is 51.6 Å². The molecule has 0 bridgehead atoms. The number of anilines is 1. The van der Waals surface area contributed by atoms with E-state index in [1.165, 1.54) is 24.9 Å². The van der Waals surface area contributed by atoms with Crippen LogP contribution in [-0.4, -0.2) is 39.2 Å². The first-order valence-electron chi connectivity index (χ1n) is 8.19. The number of hydrogen-bond acceptors (Lipinski definition) is 2. The van der Waals surface area contributed by atoms with Gasteiger partial charge in [-0.05, 0) is 55.4 Å². The molecule has 2 N–H and O–H groups in total. The predicted octanol–water partition coefficient (Wildman–Crippen LogP) is 3.47. The summed E-state index contributed by atoms with van der Waals surface area (Å²) in [7, 11) is 1.85. The average Bonchev–Trinajstić information content (AvgIpc) is 3.25. The van der Waals surface area contributed by atoms with Crippen molar-refractivity contribution < 1.29 is 0 Å². The minimum atomic E-state index is 0. The number of hydrogen-bond donors (Lipinski definition) is 2. The normalized spacial score (nSPS) is 21.0. The Hall–Kier alpha value is -0.500. The zero-order valence-electron chi connectivity index (χ0n) is 13.6. The summed E-state index contributed by atoms with van der Waals surface area (Å²) < 4.78 is 1.14. The van der Waals surface area contributed by atoms with Crippen LogP contribution in [0, 0.1) is 11.8 Å². The summed E-state index contributed by atoms with van der Waals surface area (Å²) >= 11 is 3.50. The van der Waals surface area contributed by atoms with Gasteiger partial charge in [0.2, 0.25) is 0 Å². The summed E-state index contributed by atoms with van der Waals surface area (Å²) in [5.41, 5.74) is 1.32. The number of benzene rings is 1. The van der Waals surface area contributed by atoms with E-state index in [9.17, 15) is 0 Å². The van der Waals surface area contributed by atoms with Crippen molar-refractivity contribution in [3.05, 3.63) is 28.7 Å². The van der Waals surface area contributed by atoms with E-state index in [0.29, 0.717) is 5.92 Å². The lowest BCUT2D eigenvalue weighted by atomic mass is 10.1. The molecule has 1 saturated carbocycles. The van der Waals surface area contributed by atoms with Gasteiger partial charge in [0.15, 0.2) is 5.96 Å². The third kappa shape index (κ3) is 5.81. The number of rotatable bonds is 5. The topological polar surface area (TPSA) is 39.7 Å². The highest BCUT2D eigenvalue weighted by Crippen LogP contribution is 2.27. The fraction of sp³-hybridized carbons (Fsp3) is 0.588. The van der Waals surface area contributed by atoms with Gasteiger partial charge in [0, 0.05) is 43.4 Å². The standard InChI is InChI=1S/C17H25BrN4.HI/c1-19-17(20-10-13-2-3-13)21-11-14-8-9-22(12-14)16-6-4-15(18)5-7-16;/h4-7,13-14H,2-3,8-12H2,1H3,(H2,19,20,21);1H. The summed E-state index contributed by atoms with van der Waals surface area (Å²) in [5.74, 6) is 2.51. The Bertz CT molecular complexity index is 516. The third-order valence-electron chi connectivity index (χ3n) is 4.51. The molecule has 1 atom stereocenters. The molecule has 1 aliphatic heterocycles. The van der Waals surface area contributed by atoms with E-state index < -0.39 is 0 Å². The van der Waals surface area contributed by atoms with E-state index in [1.807, 2.05) is 7.05 Å². The second-order valence-corrected chi connectivity index (χ2v) is 7.27. The molecule has 0 spiro atoms. The van der Waals surface area contributed by atoms with E-state index in [1.54, 1.807) is 0 Å². The molecule has 2 aliphatic rings. The predicted molar refractivity (Wildman–Crippen MR) is 112 cm³/mol. The summed E-state index contributed by atoms with van der Waals surface area (Å²) in [5, 5.41) is 6.90. The van der Waals surface area contributed by atoms with Crippen LogP contribution in [0.15, 0.2) is 33.7 Å². The van der Waals surface area contributed by atoms with Crippen LogP contribution < -0.4 is 15.5 Å². The Morgan fingerprint density at radius 2 is 1.78 bits per heavy atom. The molecule has 6 heteroatoms. The van der Waals surface area contributed by atoms with Crippen LogP contribution in [0.4, 0.5) is 5.69 Å². The van der Waals surface area contributed by atoms with Gasteiger partial charge in [0.05, 0.1) is 0 Å². The van der Waals surface area contributed by atoms with Crippen LogP contribution in [0.3, 0.4) is 0 Å². The second-order valence-electron chi connectivity index (χ2n) is 6.35. The minimum Gasteiger partial charge on any atom is -0.371 e. The van der Waals surface area contributed by atoms with Gasteiger partial charge in [-0.1, -0.05) is 15.9 Å². The molecule has 128 valence electrons. The van der Waals surface area contributed by atoms with Crippen LogP contribution in [0.5, 0.6) is 0 Å². The van der Waals surface area contributed by atoms with Gasteiger partial charge >= 0.3 is 0 Å². The van der Waals surface area contributed by atoms with Crippen LogP contribution in [0.1, 0.15) is 19.3 Å². The van der Waals surface area contributed by atoms with Gasteiger partial charge in [0.1, 0.15) is 0 Å². The average molecular weight is 493 g/mol. The lowest BCUT2D eigenvalue weighted by Gasteiger charge is -2.19. The number of aliphatic imine (C=N–C) groups is 1. The maximum absolute atomic E-state index is 4.31. The van der Waals surface area contributed by atoms with Crippen LogP contribution in [-0.2, 0) is 0 Å². The Morgan fingerprint density at radius 3 is 2.39 bits per heavy atom. The number of guanidine groups is 1. The van der Waals surface area contributed by atoms with Gasteiger partial charge < -0.3 is 15.5 Å². The first kappa shape index (κ1) is 18.8. The van der Waals surface area contributed by atoms with Crippen LogP contribution >= 0.6 is 39.9 Å². The van der Waals surface area contributed by atoms with Crippen molar-refractivity contribution in [1.29, 1.82) is 0 Å². The monoisotopic (exact) mass is 492 g/mol. The summed E-state index contributed by atoms with van der Waals surface area (Å²) in [6, 6.07) is 8.61. The molecule has 0 radical (unpaired) electrons. The van der Waals surface area contributed by atoms with E-state index in [0.717, 1.165) is 42.5 Å². The van der Waals surface area contributed by atoms with E-state index in [4.69, 9.17) is 0 Å². The van der Waals surface area contributed by atoms with Crippen LogP contribution in [0.25, 0.3) is 0 Å². The van der Waals surface area contributed by atoms with E-state index in [2.05, 4.69) is 60.7 Å². The maximum atomic E-state index is 4.31. The number of nitrogens with zero attached hydrogens (tertiary/aromatic N) is 2.